The molecule has 0 radical (unpaired) electrons. The van der Waals surface area contributed by atoms with E-state index in [-0.39, 0.29) is 18.1 Å². The summed E-state index contributed by atoms with van der Waals surface area (Å²) < 4.78 is 7.89. The largest absolute Gasteiger partial charge is 0.484 e. The zero-order valence-corrected chi connectivity index (χ0v) is 17.7. The number of pyridine rings is 1. The quantitative estimate of drug-likeness (QED) is 0.597. The predicted octanol–water partition coefficient (Wildman–Crippen LogP) is 3.78. The van der Waals surface area contributed by atoms with Gasteiger partial charge in [-0.25, -0.2) is 4.98 Å². The first kappa shape index (κ1) is 19.4. The Balaban J connectivity index is 1.45. The summed E-state index contributed by atoms with van der Waals surface area (Å²) in [6, 6.07) is 17.8. The number of para-hydroxylation sites is 1. The first-order chi connectivity index (χ1) is 15.1. The van der Waals surface area contributed by atoms with Gasteiger partial charge in [-0.3, -0.25) is 4.79 Å². The summed E-state index contributed by atoms with van der Waals surface area (Å²) in [4.78, 5) is 22.0. The number of hydrogen-bond acceptors (Lipinski definition) is 4. The smallest absolute Gasteiger partial charge is 0.260 e. The molecule has 158 valence electrons. The van der Waals surface area contributed by atoms with Crippen LogP contribution in [0, 0.1) is 0 Å². The van der Waals surface area contributed by atoms with Crippen molar-refractivity contribution in [2.24, 2.45) is 0 Å². The molecule has 0 N–H and O–H groups in total. The molecule has 1 amide bonds. The van der Waals surface area contributed by atoms with E-state index in [9.17, 15) is 4.79 Å². The zero-order chi connectivity index (χ0) is 21.4. The standard InChI is InChI=1S/C25H26N4O2/c1-19(2)16-29-21-10-6-13-26-24(21)28-14-7-11-22(28)25(29)12-15-27(18-25)23(30)17-31-20-8-4-3-5-9-20/h3-11,13-14H,1,12,15-18H2,2H3/t25-/m0/s1. The maximum absolute atomic E-state index is 13.0. The number of rotatable bonds is 5. The molecule has 2 aliphatic rings. The predicted molar refractivity (Wildman–Crippen MR) is 121 cm³/mol. The Morgan fingerprint density at radius 3 is 2.81 bits per heavy atom. The van der Waals surface area contributed by atoms with Crippen LogP contribution in [-0.2, 0) is 10.3 Å². The van der Waals surface area contributed by atoms with Gasteiger partial charge >= 0.3 is 0 Å². The molecule has 0 aliphatic carbocycles. The van der Waals surface area contributed by atoms with Crippen molar-refractivity contribution in [3.8, 4) is 11.6 Å². The third kappa shape index (κ3) is 3.28. The number of carbonyl (C=O) groups is 1. The molecule has 6 nitrogen and oxygen atoms in total. The summed E-state index contributed by atoms with van der Waals surface area (Å²) >= 11 is 0. The monoisotopic (exact) mass is 414 g/mol. The van der Waals surface area contributed by atoms with Crippen LogP contribution in [0.4, 0.5) is 5.69 Å². The second-order valence-corrected chi connectivity index (χ2v) is 8.35. The molecular formula is C25H26N4O2. The fraction of sp³-hybridized carbons (Fsp3) is 0.280. The number of amides is 1. The molecule has 0 unspecified atom stereocenters. The average Bonchev–Trinajstić information content (AvgIpc) is 3.45. The van der Waals surface area contributed by atoms with E-state index in [1.165, 1.54) is 5.69 Å². The lowest BCUT2D eigenvalue weighted by Gasteiger charge is -2.47. The zero-order valence-electron chi connectivity index (χ0n) is 17.7. The maximum Gasteiger partial charge on any atom is 0.260 e. The van der Waals surface area contributed by atoms with Crippen LogP contribution in [0.3, 0.4) is 0 Å². The molecule has 5 rings (SSSR count). The first-order valence-electron chi connectivity index (χ1n) is 10.6. The Morgan fingerprint density at radius 2 is 2.00 bits per heavy atom. The Bertz CT molecular complexity index is 1120. The van der Waals surface area contributed by atoms with Gasteiger partial charge < -0.3 is 19.1 Å². The molecule has 4 heterocycles. The number of likely N-dealkylation sites (tertiary alicyclic amines) is 1. The highest BCUT2D eigenvalue weighted by atomic mass is 16.5. The van der Waals surface area contributed by atoms with E-state index in [4.69, 9.17) is 4.74 Å². The van der Waals surface area contributed by atoms with Crippen molar-refractivity contribution in [1.29, 1.82) is 0 Å². The van der Waals surface area contributed by atoms with Crippen molar-refractivity contribution in [3.63, 3.8) is 0 Å². The van der Waals surface area contributed by atoms with Gasteiger partial charge in [0.2, 0.25) is 0 Å². The van der Waals surface area contributed by atoms with E-state index >= 15 is 0 Å². The Labute approximate surface area is 182 Å². The first-order valence-corrected chi connectivity index (χ1v) is 10.6. The molecule has 0 saturated carbocycles. The summed E-state index contributed by atoms with van der Waals surface area (Å²) in [6.45, 7) is 8.26. The Hall–Kier alpha value is -3.54. The van der Waals surface area contributed by atoms with Crippen LogP contribution in [0.25, 0.3) is 5.82 Å². The Kier molecular flexibility index (Phi) is 4.77. The minimum Gasteiger partial charge on any atom is -0.484 e. The number of aromatic nitrogens is 2. The lowest BCUT2D eigenvalue weighted by molar-refractivity contribution is -0.132. The van der Waals surface area contributed by atoms with Crippen LogP contribution in [0.1, 0.15) is 19.0 Å². The highest BCUT2D eigenvalue weighted by Crippen LogP contribution is 2.47. The highest BCUT2D eigenvalue weighted by molar-refractivity contribution is 5.79. The molecule has 3 aromatic rings. The molecule has 1 spiro atoms. The third-order valence-electron chi connectivity index (χ3n) is 6.16. The summed E-state index contributed by atoms with van der Waals surface area (Å²) in [7, 11) is 0. The van der Waals surface area contributed by atoms with Gasteiger partial charge in [-0.2, -0.15) is 0 Å². The van der Waals surface area contributed by atoms with Crippen LogP contribution in [0.2, 0.25) is 0 Å². The second-order valence-electron chi connectivity index (χ2n) is 8.35. The van der Waals surface area contributed by atoms with E-state index in [1.54, 1.807) is 0 Å². The van der Waals surface area contributed by atoms with Crippen molar-refractivity contribution in [2.75, 3.05) is 31.1 Å². The summed E-state index contributed by atoms with van der Waals surface area (Å²) in [5, 5.41) is 0. The van der Waals surface area contributed by atoms with Gasteiger partial charge in [0.1, 0.15) is 11.3 Å². The van der Waals surface area contributed by atoms with Crippen molar-refractivity contribution >= 4 is 11.6 Å². The number of hydrogen-bond donors (Lipinski definition) is 0. The lowest BCUT2D eigenvalue weighted by atomic mass is 9.88. The summed E-state index contributed by atoms with van der Waals surface area (Å²) in [6.07, 6.45) is 4.73. The van der Waals surface area contributed by atoms with E-state index in [0.29, 0.717) is 25.4 Å². The highest BCUT2D eigenvalue weighted by Gasteiger charge is 2.50. The van der Waals surface area contributed by atoms with Crippen LogP contribution in [-0.4, -0.2) is 46.6 Å². The van der Waals surface area contributed by atoms with Crippen molar-refractivity contribution in [1.82, 2.24) is 14.5 Å². The van der Waals surface area contributed by atoms with Crippen LogP contribution >= 0.6 is 0 Å². The van der Waals surface area contributed by atoms with Crippen LogP contribution < -0.4 is 9.64 Å². The molecule has 1 atom stereocenters. The fourth-order valence-electron chi connectivity index (χ4n) is 4.79. The second kappa shape index (κ2) is 7.61. The van der Waals surface area contributed by atoms with E-state index in [0.717, 1.165) is 23.5 Å². The van der Waals surface area contributed by atoms with Crippen molar-refractivity contribution < 1.29 is 9.53 Å². The molecule has 0 bridgehead atoms. The lowest BCUT2D eigenvalue weighted by Crippen LogP contribution is -2.53. The van der Waals surface area contributed by atoms with Gasteiger partial charge in [0.25, 0.3) is 5.91 Å². The minimum atomic E-state index is -0.319. The third-order valence-corrected chi connectivity index (χ3v) is 6.16. The van der Waals surface area contributed by atoms with Crippen molar-refractivity contribution in [2.45, 2.75) is 18.9 Å². The number of nitrogens with zero attached hydrogens (tertiary/aromatic N) is 4. The molecule has 2 aliphatic heterocycles. The topological polar surface area (TPSA) is 50.6 Å². The minimum absolute atomic E-state index is 0.00564. The summed E-state index contributed by atoms with van der Waals surface area (Å²) in [5.41, 5.74) is 3.00. The van der Waals surface area contributed by atoms with Gasteiger partial charge in [-0.15, -0.1) is 0 Å². The number of anilines is 1. The maximum atomic E-state index is 13.0. The number of ether oxygens (including phenoxy) is 1. The van der Waals surface area contributed by atoms with Gasteiger partial charge in [0, 0.05) is 32.0 Å². The van der Waals surface area contributed by atoms with Gasteiger partial charge in [-0.05, 0) is 49.7 Å². The van der Waals surface area contributed by atoms with Crippen molar-refractivity contribution in [3.05, 3.63) is 84.8 Å². The molecule has 1 fully saturated rings. The number of fused-ring (bicyclic) bond motifs is 4. The fourth-order valence-corrected chi connectivity index (χ4v) is 4.79. The molecule has 1 aromatic carbocycles. The molecule has 2 aromatic heterocycles. The molecule has 6 heteroatoms. The molecular weight excluding hydrogens is 388 g/mol. The number of carbonyl (C=O) groups excluding carboxylic acids is 1. The van der Waals surface area contributed by atoms with Gasteiger partial charge in [-0.1, -0.05) is 30.4 Å². The van der Waals surface area contributed by atoms with E-state index in [1.807, 2.05) is 54.4 Å². The van der Waals surface area contributed by atoms with Crippen LogP contribution in [0.5, 0.6) is 5.75 Å². The van der Waals surface area contributed by atoms with E-state index < -0.39 is 0 Å². The van der Waals surface area contributed by atoms with Crippen LogP contribution in [0.15, 0.2) is 79.1 Å². The van der Waals surface area contributed by atoms with E-state index in [2.05, 4.69) is 45.4 Å². The van der Waals surface area contributed by atoms with Gasteiger partial charge in [0.05, 0.1) is 11.4 Å². The Morgan fingerprint density at radius 1 is 1.16 bits per heavy atom. The summed E-state index contributed by atoms with van der Waals surface area (Å²) in [5.74, 6) is 1.64. The SMILES string of the molecule is C=C(C)CN1c2cccnc2-n2cccc2[C@@]12CCN(C(=O)COc1ccccc1)C2. The molecule has 1 saturated heterocycles. The average molecular weight is 415 g/mol. The molecule has 31 heavy (non-hydrogen) atoms. The number of benzene rings is 1. The van der Waals surface area contributed by atoms with Gasteiger partial charge in [0.15, 0.2) is 12.4 Å². The normalized spacial score (nSPS) is 19.3.